The molecular weight excluding hydrogens is 246 g/mol. The van der Waals surface area contributed by atoms with E-state index in [0.29, 0.717) is 18.1 Å². The maximum absolute atomic E-state index is 11.3. The highest BCUT2D eigenvalue weighted by Crippen LogP contribution is 2.28. The van der Waals surface area contributed by atoms with Crippen LogP contribution in [0.4, 0.5) is 0 Å². The Balaban J connectivity index is 2.69. The lowest BCUT2D eigenvalue weighted by Gasteiger charge is -2.12. The molecule has 0 bridgehead atoms. The van der Waals surface area contributed by atoms with Crippen LogP contribution in [0.25, 0.3) is 0 Å². The van der Waals surface area contributed by atoms with Gasteiger partial charge in [-0.05, 0) is 31.2 Å². The molecule has 0 saturated carbocycles. The van der Waals surface area contributed by atoms with Crippen LogP contribution in [0.1, 0.15) is 19.4 Å². The van der Waals surface area contributed by atoms with Crippen molar-refractivity contribution in [3.63, 3.8) is 0 Å². The zero-order valence-electron chi connectivity index (χ0n) is 11.7. The number of hydrogen-bond donors (Lipinski definition) is 1. The number of benzene rings is 1. The SMILES string of the molecule is CCNCc1ccc(OC)c(OCC(=O)OCC)c1. The van der Waals surface area contributed by atoms with Crippen LogP contribution in [-0.2, 0) is 16.1 Å². The van der Waals surface area contributed by atoms with Gasteiger partial charge in [0.05, 0.1) is 13.7 Å². The Morgan fingerprint density at radius 1 is 1.26 bits per heavy atom. The average Bonchev–Trinajstić information content (AvgIpc) is 2.43. The molecule has 0 fully saturated rings. The molecule has 0 aliphatic carbocycles. The van der Waals surface area contributed by atoms with Crippen molar-refractivity contribution in [3.8, 4) is 11.5 Å². The summed E-state index contributed by atoms with van der Waals surface area (Å²) >= 11 is 0. The van der Waals surface area contributed by atoms with Gasteiger partial charge in [0.1, 0.15) is 0 Å². The molecule has 0 spiro atoms. The minimum absolute atomic E-state index is 0.116. The molecule has 0 aromatic heterocycles. The first-order valence-corrected chi connectivity index (χ1v) is 6.37. The predicted molar refractivity (Wildman–Crippen MR) is 72.5 cm³/mol. The number of esters is 1. The molecule has 1 N–H and O–H groups in total. The van der Waals surface area contributed by atoms with Crippen LogP contribution in [0, 0.1) is 0 Å². The van der Waals surface area contributed by atoms with E-state index in [0.717, 1.165) is 18.7 Å². The molecule has 5 nitrogen and oxygen atoms in total. The topological polar surface area (TPSA) is 56.8 Å². The molecule has 0 saturated heterocycles. The van der Waals surface area contributed by atoms with E-state index in [1.165, 1.54) is 0 Å². The summed E-state index contributed by atoms with van der Waals surface area (Å²) in [6.45, 7) is 5.67. The second kappa shape index (κ2) is 8.37. The Morgan fingerprint density at radius 2 is 2.05 bits per heavy atom. The van der Waals surface area contributed by atoms with E-state index in [4.69, 9.17) is 14.2 Å². The molecule has 0 amide bonds. The molecule has 1 aromatic rings. The molecular formula is C14H21NO4. The van der Waals surface area contributed by atoms with E-state index in [1.54, 1.807) is 14.0 Å². The smallest absolute Gasteiger partial charge is 0.344 e. The Hall–Kier alpha value is -1.75. The molecule has 5 heteroatoms. The fraction of sp³-hybridized carbons (Fsp3) is 0.500. The van der Waals surface area contributed by atoms with Crippen LogP contribution >= 0.6 is 0 Å². The van der Waals surface area contributed by atoms with Gasteiger partial charge in [-0.25, -0.2) is 4.79 Å². The van der Waals surface area contributed by atoms with Gasteiger partial charge in [0.25, 0.3) is 0 Å². The molecule has 1 rings (SSSR count). The van der Waals surface area contributed by atoms with Gasteiger partial charge in [-0.1, -0.05) is 13.0 Å². The monoisotopic (exact) mass is 267 g/mol. The van der Waals surface area contributed by atoms with Gasteiger partial charge in [-0.2, -0.15) is 0 Å². The lowest BCUT2D eigenvalue weighted by Crippen LogP contribution is -2.15. The van der Waals surface area contributed by atoms with Crippen molar-refractivity contribution in [3.05, 3.63) is 23.8 Å². The van der Waals surface area contributed by atoms with E-state index in [-0.39, 0.29) is 12.6 Å². The molecule has 0 atom stereocenters. The third kappa shape index (κ3) is 5.18. The Morgan fingerprint density at radius 3 is 2.68 bits per heavy atom. The van der Waals surface area contributed by atoms with Crippen molar-refractivity contribution in [1.29, 1.82) is 0 Å². The summed E-state index contributed by atoms with van der Waals surface area (Å²) < 4.78 is 15.5. The van der Waals surface area contributed by atoms with Crippen LogP contribution in [0.15, 0.2) is 18.2 Å². The zero-order chi connectivity index (χ0) is 14.1. The zero-order valence-corrected chi connectivity index (χ0v) is 11.7. The second-order valence-electron chi connectivity index (χ2n) is 3.86. The highest BCUT2D eigenvalue weighted by atomic mass is 16.6. The van der Waals surface area contributed by atoms with Gasteiger partial charge >= 0.3 is 5.97 Å². The van der Waals surface area contributed by atoms with Crippen molar-refractivity contribution in [2.45, 2.75) is 20.4 Å². The number of carbonyl (C=O) groups is 1. The molecule has 0 aliphatic rings. The highest BCUT2D eigenvalue weighted by molar-refractivity contribution is 5.71. The molecule has 0 unspecified atom stereocenters. The average molecular weight is 267 g/mol. The van der Waals surface area contributed by atoms with Crippen LogP contribution in [0.3, 0.4) is 0 Å². The number of carbonyl (C=O) groups excluding carboxylic acids is 1. The number of ether oxygens (including phenoxy) is 3. The first kappa shape index (κ1) is 15.3. The first-order chi connectivity index (χ1) is 9.21. The number of methoxy groups -OCH3 is 1. The van der Waals surface area contributed by atoms with E-state index < -0.39 is 0 Å². The maximum Gasteiger partial charge on any atom is 0.344 e. The lowest BCUT2D eigenvalue weighted by atomic mass is 10.2. The largest absolute Gasteiger partial charge is 0.493 e. The van der Waals surface area contributed by atoms with Crippen LogP contribution in [0.2, 0.25) is 0 Å². The third-order valence-corrected chi connectivity index (χ3v) is 2.46. The molecule has 0 aliphatic heterocycles. The lowest BCUT2D eigenvalue weighted by molar-refractivity contribution is -0.145. The summed E-state index contributed by atoms with van der Waals surface area (Å²) in [7, 11) is 1.57. The van der Waals surface area contributed by atoms with Gasteiger partial charge < -0.3 is 19.5 Å². The summed E-state index contributed by atoms with van der Waals surface area (Å²) in [5.74, 6) is 0.761. The molecule has 106 valence electrons. The molecule has 19 heavy (non-hydrogen) atoms. The Labute approximate surface area is 113 Å². The summed E-state index contributed by atoms with van der Waals surface area (Å²) in [4.78, 5) is 11.3. The minimum Gasteiger partial charge on any atom is -0.493 e. The van der Waals surface area contributed by atoms with Crippen molar-refractivity contribution in [1.82, 2.24) is 5.32 Å². The third-order valence-electron chi connectivity index (χ3n) is 2.46. The van der Waals surface area contributed by atoms with E-state index in [9.17, 15) is 4.79 Å². The fourth-order valence-corrected chi connectivity index (χ4v) is 1.55. The van der Waals surface area contributed by atoms with Gasteiger partial charge in [0, 0.05) is 6.54 Å². The normalized spacial score (nSPS) is 10.1. The maximum atomic E-state index is 11.3. The van der Waals surface area contributed by atoms with Crippen LogP contribution in [0.5, 0.6) is 11.5 Å². The number of hydrogen-bond acceptors (Lipinski definition) is 5. The van der Waals surface area contributed by atoms with Gasteiger partial charge in [-0.3, -0.25) is 0 Å². The Kier molecular flexibility index (Phi) is 6.74. The van der Waals surface area contributed by atoms with Crippen molar-refractivity contribution in [2.75, 3.05) is 26.9 Å². The summed E-state index contributed by atoms with van der Waals surface area (Å²) in [5, 5.41) is 3.23. The van der Waals surface area contributed by atoms with E-state index >= 15 is 0 Å². The Bertz CT molecular complexity index is 406. The van der Waals surface area contributed by atoms with Gasteiger partial charge in [-0.15, -0.1) is 0 Å². The molecule has 1 aromatic carbocycles. The number of nitrogens with one attached hydrogen (secondary N) is 1. The van der Waals surface area contributed by atoms with Gasteiger partial charge in [0.2, 0.25) is 0 Å². The van der Waals surface area contributed by atoms with Crippen molar-refractivity contribution < 1.29 is 19.0 Å². The van der Waals surface area contributed by atoms with E-state index in [2.05, 4.69) is 5.32 Å². The standard InChI is InChI=1S/C14H21NO4/c1-4-15-9-11-6-7-12(17-3)13(8-11)19-10-14(16)18-5-2/h6-8,15H,4-5,9-10H2,1-3H3. The van der Waals surface area contributed by atoms with Crippen LogP contribution < -0.4 is 14.8 Å². The number of rotatable bonds is 8. The minimum atomic E-state index is -0.387. The summed E-state index contributed by atoms with van der Waals surface area (Å²) in [5.41, 5.74) is 1.07. The molecule has 0 heterocycles. The fourth-order valence-electron chi connectivity index (χ4n) is 1.55. The van der Waals surface area contributed by atoms with Gasteiger partial charge in [0.15, 0.2) is 18.1 Å². The van der Waals surface area contributed by atoms with Crippen molar-refractivity contribution in [2.24, 2.45) is 0 Å². The summed E-state index contributed by atoms with van der Waals surface area (Å²) in [6.07, 6.45) is 0. The second-order valence-corrected chi connectivity index (χ2v) is 3.86. The highest BCUT2D eigenvalue weighted by Gasteiger charge is 2.09. The van der Waals surface area contributed by atoms with Crippen molar-refractivity contribution >= 4 is 5.97 Å². The first-order valence-electron chi connectivity index (χ1n) is 6.37. The van der Waals surface area contributed by atoms with E-state index in [1.807, 2.05) is 25.1 Å². The summed E-state index contributed by atoms with van der Waals surface area (Å²) in [6, 6.07) is 5.65. The predicted octanol–water partition coefficient (Wildman–Crippen LogP) is 1.75. The quantitative estimate of drug-likeness (QED) is 0.727. The molecule has 0 radical (unpaired) electrons. The van der Waals surface area contributed by atoms with Crippen LogP contribution in [-0.4, -0.2) is 32.8 Å².